The van der Waals surface area contributed by atoms with E-state index in [1.807, 2.05) is 44.2 Å². The van der Waals surface area contributed by atoms with Crippen molar-refractivity contribution in [1.82, 2.24) is 10.3 Å². The average Bonchev–Trinajstić information content (AvgIpc) is 2.54. The maximum Gasteiger partial charge on any atom is 0.240 e. The van der Waals surface area contributed by atoms with Gasteiger partial charge in [0.2, 0.25) is 11.8 Å². The van der Waals surface area contributed by atoms with Gasteiger partial charge in [-0.05, 0) is 48.7 Å². The van der Waals surface area contributed by atoms with E-state index in [-0.39, 0.29) is 18.4 Å². The number of carbonyl (C=O) groups excluding carboxylic acids is 2. The lowest BCUT2D eigenvalue weighted by molar-refractivity contribution is -0.123. The van der Waals surface area contributed by atoms with Gasteiger partial charge in [-0.15, -0.1) is 0 Å². The van der Waals surface area contributed by atoms with Crippen molar-refractivity contribution in [2.45, 2.75) is 27.3 Å². The summed E-state index contributed by atoms with van der Waals surface area (Å²) < 4.78 is 0. The van der Waals surface area contributed by atoms with Gasteiger partial charge in [0.05, 0.1) is 0 Å². The second kappa shape index (κ2) is 7.54. The first-order valence-electron chi connectivity index (χ1n) is 7.48. The fourth-order valence-corrected chi connectivity index (χ4v) is 2.28. The molecular weight excluding hydrogens is 290 g/mol. The van der Waals surface area contributed by atoms with Gasteiger partial charge in [-0.2, -0.15) is 0 Å². The van der Waals surface area contributed by atoms with Crippen LogP contribution in [0.25, 0.3) is 0 Å². The van der Waals surface area contributed by atoms with Gasteiger partial charge in [-0.3, -0.25) is 14.6 Å². The molecule has 0 saturated carbocycles. The number of rotatable bonds is 5. The van der Waals surface area contributed by atoms with E-state index >= 15 is 0 Å². The Kier molecular flexibility index (Phi) is 5.46. The number of amides is 2. The standard InChI is InChI=1S/C18H21N3O2/c1-13-4-5-14(2)17(10-13)21(15(3)22)12-18(23)20-11-16-6-8-19-9-7-16/h4-10H,11-12H2,1-3H3,(H,20,23). The van der Waals surface area contributed by atoms with E-state index in [4.69, 9.17) is 0 Å². The molecule has 2 rings (SSSR count). The summed E-state index contributed by atoms with van der Waals surface area (Å²) in [6, 6.07) is 9.55. The average molecular weight is 311 g/mol. The van der Waals surface area contributed by atoms with Crippen LogP contribution in [0.15, 0.2) is 42.7 Å². The lowest BCUT2D eigenvalue weighted by Crippen LogP contribution is -2.40. The first-order chi connectivity index (χ1) is 11.0. The highest BCUT2D eigenvalue weighted by atomic mass is 16.2. The lowest BCUT2D eigenvalue weighted by Gasteiger charge is -2.23. The van der Waals surface area contributed by atoms with Gasteiger partial charge >= 0.3 is 0 Å². The molecule has 0 atom stereocenters. The van der Waals surface area contributed by atoms with Crippen molar-refractivity contribution in [3.05, 3.63) is 59.4 Å². The largest absolute Gasteiger partial charge is 0.350 e. The number of nitrogens with zero attached hydrogens (tertiary/aromatic N) is 2. The van der Waals surface area contributed by atoms with E-state index in [1.165, 1.54) is 11.8 Å². The number of carbonyl (C=O) groups is 2. The molecule has 0 unspecified atom stereocenters. The van der Waals surface area contributed by atoms with Gasteiger partial charge in [0.25, 0.3) is 0 Å². The SMILES string of the molecule is CC(=O)N(CC(=O)NCc1ccncc1)c1cc(C)ccc1C. The zero-order chi connectivity index (χ0) is 16.8. The Morgan fingerprint density at radius 3 is 2.48 bits per heavy atom. The Morgan fingerprint density at radius 2 is 1.83 bits per heavy atom. The fourth-order valence-electron chi connectivity index (χ4n) is 2.28. The summed E-state index contributed by atoms with van der Waals surface area (Å²) >= 11 is 0. The van der Waals surface area contributed by atoms with Crippen molar-refractivity contribution in [1.29, 1.82) is 0 Å². The molecule has 1 N–H and O–H groups in total. The van der Waals surface area contributed by atoms with Gasteiger partial charge in [-0.25, -0.2) is 0 Å². The highest BCUT2D eigenvalue weighted by Crippen LogP contribution is 2.21. The molecule has 0 fully saturated rings. The number of benzene rings is 1. The summed E-state index contributed by atoms with van der Waals surface area (Å²) in [5.74, 6) is -0.351. The highest BCUT2D eigenvalue weighted by molar-refractivity contribution is 5.98. The number of anilines is 1. The second-order valence-corrected chi connectivity index (χ2v) is 5.53. The third-order valence-electron chi connectivity index (χ3n) is 3.58. The molecule has 5 heteroatoms. The fraction of sp³-hybridized carbons (Fsp3) is 0.278. The van der Waals surface area contributed by atoms with Crippen LogP contribution in [-0.2, 0) is 16.1 Å². The highest BCUT2D eigenvalue weighted by Gasteiger charge is 2.17. The quantitative estimate of drug-likeness (QED) is 0.922. The molecule has 0 saturated heterocycles. The molecule has 0 bridgehead atoms. The van der Waals surface area contributed by atoms with Crippen LogP contribution in [-0.4, -0.2) is 23.3 Å². The minimum atomic E-state index is -0.196. The van der Waals surface area contributed by atoms with Crippen LogP contribution >= 0.6 is 0 Å². The first kappa shape index (κ1) is 16.7. The molecule has 2 amide bonds. The molecule has 120 valence electrons. The van der Waals surface area contributed by atoms with Crippen molar-refractivity contribution >= 4 is 17.5 Å². The van der Waals surface area contributed by atoms with Crippen molar-refractivity contribution in [2.24, 2.45) is 0 Å². The first-order valence-corrected chi connectivity index (χ1v) is 7.48. The van der Waals surface area contributed by atoms with Gasteiger partial charge in [-0.1, -0.05) is 12.1 Å². The number of pyridine rings is 1. The number of aromatic nitrogens is 1. The van der Waals surface area contributed by atoms with Gasteiger partial charge in [0.1, 0.15) is 6.54 Å². The Labute approximate surface area is 136 Å². The minimum Gasteiger partial charge on any atom is -0.350 e. The second-order valence-electron chi connectivity index (χ2n) is 5.53. The Balaban J connectivity index is 2.06. The molecule has 2 aromatic rings. The van der Waals surface area contributed by atoms with E-state index in [9.17, 15) is 9.59 Å². The molecule has 1 aromatic heterocycles. The van der Waals surface area contributed by atoms with Crippen LogP contribution in [0, 0.1) is 13.8 Å². The molecular formula is C18H21N3O2. The molecule has 0 radical (unpaired) electrons. The smallest absolute Gasteiger partial charge is 0.240 e. The molecule has 0 aliphatic carbocycles. The summed E-state index contributed by atoms with van der Waals surface area (Å²) in [7, 11) is 0. The van der Waals surface area contributed by atoms with Crippen LogP contribution in [0.3, 0.4) is 0 Å². The van der Waals surface area contributed by atoms with Crippen LogP contribution < -0.4 is 10.2 Å². The molecule has 0 aliphatic rings. The predicted molar refractivity (Wildman–Crippen MR) is 90.0 cm³/mol. The Morgan fingerprint density at radius 1 is 1.13 bits per heavy atom. The molecule has 1 heterocycles. The van der Waals surface area contributed by atoms with E-state index in [2.05, 4.69) is 10.3 Å². The number of hydrogen-bond donors (Lipinski definition) is 1. The number of hydrogen-bond acceptors (Lipinski definition) is 3. The van der Waals surface area contributed by atoms with Crippen LogP contribution in [0.1, 0.15) is 23.6 Å². The lowest BCUT2D eigenvalue weighted by atomic mass is 10.1. The number of aryl methyl sites for hydroxylation is 2. The maximum absolute atomic E-state index is 12.2. The third-order valence-corrected chi connectivity index (χ3v) is 3.58. The van der Waals surface area contributed by atoms with Gasteiger partial charge in [0, 0.05) is 31.5 Å². The van der Waals surface area contributed by atoms with Crippen molar-refractivity contribution in [3.63, 3.8) is 0 Å². The van der Waals surface area contributed by atoms with Crippen LogP contribution in [0.5, 0.6) is 0 Å². The van der Waals surface area contributed by atoms with E-state index in [1.54, 1.807) is 12.4 Å². The molecule has 23 heavy (non-hydrogen) atoms. The van der Waals surface area contributed by atoms with E-state index in [0.717, 1.165) is 22.4 Å². The molecule has 5 nitrogen and oxygen atoms in total. The van der Waals surface area contributed by atoms with Gasteiger partial charge in [0.15, 0.2) is 0 Å². The summed E-state index contributed by atoms with van der Waals surface area (Å²) in [6.07, 6.45) is 3.36. The van der Waals surface area contributed by atoms with Crippen LogP contribution in [0.2, 0.25) is 0 Å². The van der Waals surface area contributed by atoms with Gasteiger partial charge < -0.3 is 10.2 Å². The maximum atomic E-state index is 12.2. The zero-order valence-corrected chi connectivity index (χ0v) is 13.7. The van der Waals surface area contributed by atoms with Crippen molar-refractivity contribution < 1.29 is 9.59 Å². The summed E-state index contributed by atoms with van der Waals surface area (Å²) in [5, 5.41) is 2.83. The molecule has 0 aliphatic heterocycles. The topological polar surface area (TPSA) is 62.3 Å². The third kappa shape index (κ3) is 4.64. The molecule has 0 spiro atoms. The van der Waals surface area contributed by atoms with Crippen LogP contribution in [0.4, 0.5) is 5.69 Å². The summed E-state index contributed by atoms with van der Waals surface area (Å²) in [4.78, 5) is 29.6. The minimum absolute atomic E-state index is 0.00467. The number of nitrogens with one attached hydrogen (secondary N) is 1. The Hall–Kier alpha value is -2.69. The molecule has 1 aromatic carbocycles. The normalized spacial score (nSPS) is 10.2. The Bertz CT molecular complexity index is 699. The van der Waals surface area contributed by atoms with Crippen molar-refractivity contribution in [2.75, 3.05) is 11.4 Å². The zero-order valence-electron chi connectivity index (χ0n) is 13.7. The summed E-state index contributed by atoms with van der Waals surface area (Å²) in [6.45, 7) is 5.78. The predicted octanol–water partition coefficient (Wildman–Crippen LogP) is 2.37. The monoisotopic (exact) mass is 311 g/mol. The van der Waals surface area contributed by atoms with E-state index in [0.29, 0.717) is 6.54 Å². The van der Waals surface area contributed by atoms with E-state index < -0.39 is 0 Å². The van der Waals surface area contributed by atoms with Crippen molar-refractivity contribution in [3.8, 4) is 0 Å². The summed E-state index contributed by atoms with van der Waals surface area (Å²) in [5.41, 5.74) is 3.76.